The Balaban J connectivity index is 1.72. The Bertz CT molecular complexity index is 925. The van der Waals surface area contributed by atoms with Gasteiger partial charge in [-0.15, -0.1) is 0 Å². The van der Waals surface area contributed by atoms with Crippen molar-refractivity contribution in [1.82, 2.24) is 10.1 Å². The third-order valence-electron chi connectivity index (χ3n) is 3.62. The number of rotatable bonds is 6. The normalized spacial score (nSPS) is 11.4. The fraction of sp³-hybridized carbons (Fsp3) is 0.222. The van der Waals surface area contributed by atoms with Crippen LogP contribution in [0.25, 0.3) is 11.4 Å². The summed E-state index contributed by atoms with van der Waals surface area (Å²) in [4.78, 5) is 4.24. The van der Waals surface area contributed by atoms with Gasteiger partial charge in [-0.2, -0.15) is 18.2 Å². The number of ether oxygens (including phenoxy) is 1. The van der Waals surface area contributed by atoms with Crippen LogP contribution >= 0.6 is 0 Å². The first kappa shape index (κ1) is 18.7. The molecule has 0 spiro atoms. The predicted molar refractivity (Wildman–Crippen MR) is 89.7 cm³/mol. The van der Waals surface area contributed by atoms with Crippen LogP contribution < -0.4 is 10.1 Å². The smallest absolute Gasteiger partial charge is 0.422 e. The van der Waals surface area contributed by atoms with E-state index in [4.69, 9.17) is 9.26 Å². The van der Waals surface area contributed by atoms with E-state index in [9.17, 15) is 17.6 Å². The molecule has 9 heteroatoms. The van der Waals surface area contributed by atoms with Gasteiger partial charge in [-0.25, -0.2) is 4.39 Å². The Labute approximate surface area is 152 Å². The maximum absolute atomic E-state index is 13.4. The van der Waals surface area contributed by atoms with Crippen LogP contribution in [0.1, 0.15) is 11.5 Å². The molecule has 3 rings (SSSR count). The Kier molecular flexibility index (Phi) is 5.29. The molecule has 0 fully saturated rings. The third-order valence-corrected chi connectivity index (χ3v) is 3.62. The van der Waals surface area contributed by atoms with Gasteiger partial charge < -0.3 is 14.6 Å². The van der Waals surface area contributed by atoms with E-state index in [1.165, 1.54) is 0 Å². The monoisotopic (exact) mass is 381 g/mol. The van der Waals surface area contributed by atoms with Gasteiger partial charge in [0, 0.05) is 11.6 Å². The van der Waals surface area contributed by atoms with Crippen LogP contribution in [0.15, 0.2) is 47.0 Å². The Morgan fingerprint density at radius 3 is 2.67 bits per heavy atom. The first-order valence-electron chi connectivity index (χ1n) is 7.93. The molecule has 0 saturated heterocycles. The molecule has 1 N–H and O–H groups in total. The minimum Gasteiger partial charge on any atom is -0.482 e. The maximum atomic E-state index is 13.4. The first-order valence-corrected chi connectivity index (χ1v) is 7.93. The SMILES string of the molecule is Cc1ccccc1-c1noc(CNc2cc(F)ccc2OCC(F)(F)F)n1. The number of benzene rings is 2. The minimum atomic E-state index is -4.50. The minimum absolute atomic E-state index is 0.00921. The summed E-state index contributed by atoms with van der Waals surface area (Å²) in [5.41, 5.74) is 1.81. The molecule has 0 bridgehead atoms. The van der Waals surface area contributed by atoms with Crippen molar-refractivity contribution in [2.75, 3.05) is 11.9 Å². The molecular weight excluding hydrogens is 366 g/mol. The van der Waals surface area contributed by atoms with Gasteiger partial charge in [0.05, 0.1) is 12.2 Å². The molecule has 27 heavy (non-hydrogen) atoms. The van der Waals surface area contributed by atoms with Gasteiger partial charge in [0.1, 0.15) is 11.6 Å². The molecule has 0 saturated carbocycles. The lowest BCUT2D eigenvalue weighted by Gasteiger charge is -2.13. The second-order valence-corrected chi connectivity index (χ2v) is 5.72. The molecule has 2 aromatic carbocycles. The second kappa shape index (κ2) is 7.65. The molecule has 0 aliphatic heterocycles. The number of anilines is 1. The van der Waals surface area contributed by atoms with Crippen LogP contribution in [0.5, 0.6) is 5.75 Å². The van der Waals surface area contributed by atoms with Crippen LogP contribution in [0.2, 0.25) is 0 Å². The quantitative estimate of drug-likeness (QED) is 0.625. The van der Waals surface area contributed by atoms with E-state index in [0.717, 1.165) is 29.3 Å². The molecule has 0 amide bonds. The van der Waals surface area contributed by atoms with Gasteiger partial charge in [0.25, 0.3) is 0 Å². The average molecular weight is 381 g/mol. The lowest BCUT2D eigenvalue weighted by Crippen LogP contribution is -2.19. The van der Waals surface area contributed by atoms with Crippen LogP contribution in [-0.2, 0) is 6.54 Å². The van der Waals surface area contributed by atoms with Gasteiger partial charge >= 0.3 is 6.18 Å². The fourth-order valence-corrected chi connectivity index (χ4v) is 2.36. The molecular formula is C18H15F4N3O2. The standard InChI is InChI=1S/C18H15F4N3O2/c1-11-4-2-3-5-13(11)17-24-16(27-25-17)9-23-14-8-12(19)6-7-15(14)26-10-18(20,21)22/h2-8,23H,9-10H2,1H3. The number of aromatic nitrogens is 2. The first-order chi connectivity index (χ1) is 12.8. The molecule has 0 atom stereocenters. The molecule has 1 heterocycles. The van der Waals surface area contributed by atoms with E-state index in [1.54, 1.807) is 0 Å². The molecule has 3 aromatic rings. The lowest BCUT2D eigenvalue weighted by atomic mass is 10.1. The highest BCUT2D eigenvalue weighted by Gasteiger charge is 2.29. The van der Waals surface area contributed by atoms with Crippen molar-refractivity contribution in [1.29, 1.82) is 0 Å². The van der Waals surface area contributed by atoms with Crippen molar-refractivity contribution in [2.45, 2.75) is 19.6 Å². The van der Waals surface area contributed by atoms with E-state index in [1.807, 2.05) is 31.2 Å². The summed E-state index contributed by atoms with van der Waals surface area (Å²) in [5.74, 6) is -0.174. The topological polar surface area (TPSA) is 60.2 Å². The number of halogens is 4. The Morgan fingerprint density at radius 2 is 1.93 bits per heavy atom. The molecule has 0 aliphatic rings. The predicted octanol–water partition coefficient (Wildman–Crippen LogP) is 4.74. The Morgan fingerprint density at radius 1 is 1.15 bits per heavy atom. The summed E-state index contributed by atoms with van der Waals surface area (Å²) in [6, 6.07) is 10.6. The number of nitrogens with zero attached hydrogens (tertiary/aromatic N) is 2. The maximum Gasteiger partial charge on any atom is 0.422 e. The zero-order chi connectivity index (χ0) is 19.4. The van der Waals surface area contributed by atoms with Crippen LogP contribution in [0, 0.1) is 12.7 Å². The van der Waals surface area contributed by atoms with Crippen molar-refractivity contribution in [3.8, 4) is 17.1 Å². The van der Waals surface area contributed by atoms with Crippen LogP contribution in [0.4, 0.5) is 23.2 Å². The van der Waals surface area contributed by atoms with Crippen LogP contribution in [-0.4, -0.2) is 22.9 Å². The Hall–Kier alpha value is -3.10. The van der Waals surface area contributed by atoms with E-state index < -0.39 is 18.6 Å². The van der Waals surface area contributed by atoms with Gasteiger partial charge in [-0.3, -0.25) is 0 Å². The largest absolute Gasteiger partial charge is 0.482 e. The van der Waals surface area contributed by atoms with Gasteiger partial charge in [0.15, 0.2) is 6.61 Å². The fourth-order valence-electron chi connectivity index (χ4n) is 2.36. The van der Waals surface area contributed by atoms with Gasteiger partial charge in [-0.05, 0) is 24.6 Å². The number of hydrogen-bond donors (Lipinski definition) is 1. The summed E-state index contributed by atoms with van der Waals surface area (Å²) >= 11 is 0. The lowest BCUT2D eigenvalue weighted by molar-refractivity contribution is -0.153. The molecule has 5 nitrogen and oxygen atoms in total. The summed E-state index contributed by atoms with van der Waals surface area (Å²) < 4.78 is 60.3. The number of nitrogens with one attached hydrogen (secondary N) is 1. The number of alkyl halides is 3. The molecule has 0 unspecified atom stereocenters. The highest BCUT2D eigenvalue weighted by atomic mass is 19.4. The van der Waals surface area contributed by atoms with Crippen molar-refractivity contribution in [2.24, 2.45) is 0 Å². The molecule has 142 valence electrons. The summed E-state index contributed by atoms with van der Waals surface area (Å²) in [5, 5.41) is 6.65. The van der Waals surface area contributed by atoms with Crippen LogP contribution in [0.3, 0.4) is 0 Å². The summed E-state index contributed by atoms with van der Waals surface area (Å²) in [6.45, 7) is 0.413. The van der Waals surface area contributed by atoms with Crippen molar-refractivity contribution in [3.63, 3.8) is 0 Å². The third kappa shape index (κ3) is 4.96. The summed E-state index contributed by atoms with van der Waals surface area (Å²) in [7, 11) is 0. The zero-order valence-corrected chi connectivity index (χ0v) is 14.2. The number of aryl methyl sites for hydroxylation is 1. The van der Waals surface area contributed by atoms with E-state index in [0.29, 0.717) is 5.82 Å². The molecule has 0 aliphatic carbocycles. The number of hydrogen-bond acceptors (Lipinski definition) is 5. The van der Waals surface area contributed by atoms with Gasteiger partial charge in [0.2, 0.25) is 11.7 Å². The molecule has 0 radical (unpaired) electrons. The molecule has 1 aromatic heterocycles. The van der Waals surface area contributed by atoms with Crippen molar-refractivity contribution < 1.29 is 26.8 Å². The van der Waals surface area contributed by atoms with Crippen molar-refractivity contribution in [3.05, 3.63) is 59.7 Å². The highest BCUT2D eigenvalue weighted by molar-refractivity contribution is 5.59. The van der Waals surface area contributed by atoms with Gasteiger partial charge in [-0.1, -0.05) is 29.4 Å². The van der Waals surface area contributed by atoms with Crippen molar-refractivity contribution >= 4 is 5.69 Å². The second-order valence-electron chi connectivity index (χ2n) is 5.72. The van der Waals surface area contributed by atoms with E-state index in [2.05, 4.69) is 15.5 Å². The average Bonchev–Trinajstić information content (AvgIpc) is 3.07. The van der Waals surface area contributed by atoms with E-state index in [-0.39, 0.29) is 23.9 Å². The van der Waals surface area contributed by atoms with E-state index >= 15 is 0 Å². The zero-order valence-electron chi connectivity index (χ0n) is 14.2. The highest BCUT2D eigenvalue weighted by Crippen LogP contribution is 2.28. The summed E-state index contributed by atoms with van der Waals surface area (Å²) in [6.07, 6.45) is -4.50.